The maximum Gasteiger partial charge on any atom is 0.240 e. The molecule has 0 saturated heterocycles. The molecule has 0 aliphatic heterocycles. The summed E-state index contributed by atoms with van der Waals surface area (Å²) in [5.41, 5.74) is 5.69. The lowest BCUT2D eigenvalue weighted by Crippen LogP contribution is -2.33. The van der Waals surface area contributed by atoms with Gasteiger partial charge in [0, 0.05) is 4.75 Å². The third kappa shape index (κ3) is 2.25. The van der Waals surface area contributed by atoms with Crippen LogP contribution in [0.4, 0.5) is 5.95 Å². The standard InChI is InChI=1S/C9H17N5S/c1-15-9(5-3-2-4-6-9)7-14-8(10)11-12-13-14/h2-7H2,1H3,(H2,10,11,13). The molecule has 1 aliphatic carbocycles. The molecule has 0 spiro atoms. The number of hydrogen-bond donors (Lipinski definition) is 1. The highest BCUT2D eigenvalue weighted by atomic mass is 32.2. The predicted molar refractivity (Wildman–Crippen MR) is 61.6 cm³/mol. The first-order chi connectivity index (χ1) is 7.26. The molecule has 6 heteroatoms. The maximum atomic E-state index is 5.69. The minimum atomic E-state index is 0.293. The van der Waals surface area contributed by atoms with Gasteiger partial charge in [0.2, 0.25) is 5.95 Å². The third-order valence-electron chi connectivity index (χ3n) is 3.20. The topological polar surface area (TPSA) is 69.6 Å². The Hall–Kier alpha value is -0.780. The molecule has 0 bridgehead atoms. The molecule has 2 N–H and O–H groups in total. The Kier molecular flexibility index (Phi) is 3.14. The van der Waals surface area contributed by atoms with E-state index in [-0.39, 0.29) is 0 Å². The zero-order chi connectivity index (χ0) is 10.7. The van der Waals surface area contributed by atoms with Gasteiger partial charge in [-0.2, -0.15) is 11.8 Å². The average molecular weight is 227 g/mol. The number of anilines is 1. The molecule has 84 valence electrons. The van der Waals surface area contributed by atoms with Gasteiger partial charge >= 0.3 is 0 Å². The first-order valence-corrected chi connectivity index (χ1v) is 6.55. The van der Waals surface area contributed by atoms with Gasteiger partial charge in [0.15, 0.2) is 0 Å². The first kappa shape index (κ1) is 10.7. The van der Waals surface area contributed by atoms with Gasteiger partial charge in [-0.15, -0.1) is 0 Å². The van der Waals surface area contributed by atoms with Crippen LogP contribution in [-0.2, 0) is 6.54 Å². The Morgan fingerprint density at radius 1 is 1.40 bits per heavy atom. The molecule has 2 rings (SSSR count). The second kappa shape index (κ2) is 4.38. The molecule has 1 fully saturated rings. The summed E-state index contributed by atoms with van der Waals surface area (Å²) in [6.45, 7) is 0.840. The first-order valence-electron chi connectivity index (χ1n) is 5.33. The van der Waals surface area contributed by atoms with Crippen molar-refractivity contribution in [3.05, 3.63) is 0 Å². The van der Waals surface area contributed by atoms with Crippen LogP contribution in [0.1, 0.15) is 32.1 Å². The van der Waals surface area contributed by atoms with E-state index < -0.39 is 0 Å². The van der Waals surface area contributed by atoms with Gasteiger partial charge in [0.1, 0.15) is 0 Å². The minimum Gasteiger partial charge on any atom is -0.367 e. The number of nitrogens with zero attached hydrogens (tertiary/aromatic N) is 4. The van der Waals surface area contributed by atoms with Crippen molar-refractivity contribution in [1.82, 2.24) is 20.2 Å². The van der Waals surface area contributed by atoms with E-state index in [9.17, 15) is 0 Å². The molecule has 1 aromatic rings. The van der Waals surface area contributed by atoms with Crippen molar-refractivity contribution >= 4 is 17.7 Å². The molecular formula is C9H17N5S. The van der Waals surface area contributed by atoms with Gasteiger partial charge < -0.3 is 5.73 Å². The fourth-order valence-electron chi connectivity index (χ4n) is 2.22. The monoisotopic (exact) mass is 227 g/mol. The van der Waals surface area contributed by atoms with Crippen LogP contribution in [-0.4, -0.2) is 31.2 Å². The fraction of sp³-hybridized carbons (Fsp3) is 0.889. The second-order valence-electron chi connectivity index (χ2n) is 4.14. The van der Waals surface area contributed by atoms with Crippen molar-refractivity contribution in [2.24, 2.45) is 0 Å². The zero-order valence-corrected chi connectivity index (χ0v) is 9.83. The molecule has 1 aromatic heterocycles. The summed E-state index contributed by atoms with van der Waals surface area (Å²) >= 11 is 1.93. The van der Waals surface area contributed by atoms with Crippen molar-refractivity contribution in [2.75, 3.05) is 12.0 Å². The van der Waals surface area contributed by atoms with E-state index in [1.807, 2.05) is 11.8 Å². The van der Waals surface area contributed by atoms with E-state index in [4.69, 9.17) is 5.73 Å². The third-order valence-corrected chi connectivity index (χ3v) is 4.60. The Morgan fingerprint density at radius 2 is 2.13 bits per heavy atom. The molecule has 0 amide bonds. The summed E-state index contributed by atoms with van der Waals surface area (Å²) in [5, 5.41) is 11.2. The lowest BCUT2D eigenvalue weighted by atomic mass is 9.88. The van der Waals surface area contributed by atoms with Crippen LogP contribution in [0.3, 0.4) is 0 Å². The minimum absolute atomic E-state index is 0.293. The van der Waals surface area contributed by atoms with Crippen LogP contribution in [0.25, 0.3) is 0 Å². The number of tetrazole rings is 1. The van der Waals surface area contributed by atoms with E-state index in [2.05, 4.69) is 21.8 Å². The summed E-state index contributed by atoms with van der Waals surface area (Å²) in [7, 11) is 0. The van der Waals surface area contributed by atoms with Crippen molar-refractivity contribution in [2.45, 2.75) is 43.4 Å². The number of thioether (sulfide) groups is 1. The van der Waals surface area contributed by atoms with Gasteiger partial charge in [0.25, 0.3) is 0 Å². The Bertz CT molecular complexity index is 318. The predicted octanol–water partition coefficient (Wildman–Crippen LogP) is 1.32. The number of nitrogens with two attached hydrogens (primary N) is 1. The van der Waals surface area contributed by atoms with Crippen LogP contribution in [0.5, 0.6) is 0 Å². The summed E-state index contributed by atoms with van der Waals surface area (Å²) in [6.07, 6.45) is 8.63. The van der Waals surface area contributed by atoms with Crippen LogP contribution in [0.15, 0.2) is 0 Å². The molecule has 1 aliphatic rings. The Morgan fingerprint density at radius 3 is 2.67 bits per heavy atom. The van der Waals surface area contributed by atoms with Crippen LogP contribution in [0.2, 0.25) is 0 Å². The maximum absolute atomic E-state index is 5.69. The second-order valence-corrected chi connectivity index (χ2v) is 5.42. The van der Waals surface area contributed by atoms with E-state index in [1.165, 1.54) is 32.1 Å². The van der Waals surface area contributed by atoms with Crippen molar-refractivity contribution in [3.8, 4) is 0 Å². The van der Waals surface area contributed by atoms with E-state index in [1.54, 1.807) is 4.68 Å². The lowest BCUT2D eigenvalue weighted by Gasteiger charge is -2.35. The van der Waals surface area contributed by atoms with Crippen molar-refractivity contribution < 1.29 is 0 Å². The number of nitrogen functional groups attached to an aromatic ring is 1. The highest BCUT2D eigenvalue weighted by Crippen LogP contribution is 2.39. The summed E-state index contributed by atoms with van der Waals surface area (Å²) in [4.78, 5) is 0. The number of rotatable bonds is 3. The summed E-state index contributed by atoms with van der Waals surface area (Å²) in [6, 6.07) is 0. The molecule has 0 radical (unpaired) electrons. The van der Waals surface area contributed by atoms with Crippen LogP contribution < -0.4 is 5.73 Å². The number of aromatic nitrogens is 4. The lowest BCUT2D eigenvalue weighted by molar-refractivity contribution is 0.345. The van der Waals surface area contributed by atoms with E-state index >= 15 is 0 Å². The summed E-state index contributed by atoms with van der Waals surface area (Å²) in [5.74, 6) is 0.425. The molecular weight excluding hydrogens is 210 g/mol. The smallest absolute Gasteiger partial charge is 0.240 e. The Labute approximate surface area is 93.8 Å². The van der Waals surface area contributed by atoms with Gasteiger partial charge in [-0.05, 0) is 29.5 Å². The molecule has 0 unspecified atom stereocenters. The van der Waals surface area contributed by atoms with Crippen molar-refractivity contribution in [1.29, 1.82) is 0 Å². The molecule has 0 aromatic carbocycles. The number of hydrogen-bond acceptors (Lipinski definition) is 5. The van der Waals surface area contributed by atoms with Crippen molar-refractivity contribution in [3.63, 3.8) is 0 Å². The SMILES string of the molecule is CSC1(Cn2nnnc2N)CCCCC1. The van der Waals surface area contributed by atoms with Crippen LogP contribution >= 0.6 is 11.8 Å². The zero-order valence-electron chi connectivity index (χ0n) is 9.02. The highest BCUT2D eigenvalue weighted by Gasteiger charge is 2.32. The van der Waals surface area contributed by atoms with E-state index in [0.717, 1.165) is 6.54 Å². The molecule has 5 nitrogen and oxygen atoms in total. The highest BCUT2D eigenvalue weighted by molar-refractivity contribution is 8.00. The quantitative estimate of drug-likeness (QED) is 0.843. The van der Waals surface area contributed by atoms with Gasteiger partial charge in [0.05, 0.1) is 6.54 Å². The van der Waals surface area contributed by atoms with Gasteiger partial charge in [-0.3, -0.25) is 0 Å². The molecule has 0 atom stereocenters. The van der Waals surface area contributed by atoms with Crippen LogP contribution in [0, 0.1) is 0 Å². The van der Waals surface area contributed by atoms with Gasteiger partial charge in [-0.1, -0.05) is 24.4 Å². The fourth-order valence-corrected chi connectivity index (χ4v) is 3.17. The van der Waals surface area contributed by atoms with Gasteiger partial charge in [-0.25, -0.2) is 4.68 Å². The largest absolute Gasteiger partial charge is 0.367 e. The molecule has 1 saturated carbocycles. The average Bonchev–Trinajstić information content (AvgIpc) is 2.66. The molecule has 15 heavy (non-hydrogen) atoms. The Balaban J connectivity index is 2.10. The normalized spacial score (nSPS) is 20.3. The summed E-state index contributed by atoms with van der Waals surface area (Å²) < 4.78 is 2.02. The molecule has 1 heterocycles. The van der Waals surface area contributed by atoms with E-state index in [0.29, 0.717) is 10.7 Å².